The van der Waals surface area contributed by atoms with Crippen molar-refractivity contribution in [3.63, 3.8) is 0 Å². The molecular formula is C22H24N2O4. The third-order valence-corrected chi connectivity index (χ3v) is 5.28. The number of carbonyl (C=O) groups excluding carboxylic acids is 1. The molecule has 1 atom stereocenters. The van der Waals surface area contributed by atoms with Gasteiger partial charge < -0.3 is 24.8 Å². The number of fused-ring (bicyclic) bond motifs is 1. The zero-order valence-corrected chi connectivity index (χ0v) is 16.3. The Hall–Kier alpha value is -3.15. The van der Waals surface area contributed by atoms with Gasteiger partial charge in [0.2, 0.25) is 5.75 Å². The molecule has 2 aromatic rings. The van der Waals surface area contributed by atoms with Gasteiger partial charge in [-0.25, -0.2) is 0 Å². The first-order valence-corrected chi connectivity index (χ1v) is 9.35. The maximum atomic E-state index is 12.9. The molecule has 0 spiro atoms. The van der Waals surface area contributed by atoms with Gasteiger partial charge in [-0.1, -0.05) is 12.1 Å². The van der Waals surface area contributed by atoms with Gasteiger partial charge >= 0.3 is 0 Å². The van der Waals surface area contributed by atoms with Crippen molar-refractivity contribution >= 4 is 17.2 Å². The maximum absolute atomic E-state index is 12.9. The van der Waals surface area contributed by atoms with E-state index in [1.54, 1.807) is 21.3 Å². The Morgan fingerprint density at radius 1 is 0.929 bits per heavy atom. The maximum Gasteiger partial charge on any atom is 0.203 e. The van der Waals surface area contributed by atoms with Crippen LogP contribution >= 0.6 is 0 Å². The van der Waals surface area contributed by atoms with Gasteiger partial charge in [-0.05, 0) is 42.7 Å². The quantitative estimate of drug-likeness (QED) is 0.824. The predicted octanol–water partition coefficient (Wildman–Crippen LogP) is 4.30. The summed E-state index contributed by atoms with van der Waals surface area (Å²) < 4.78 is 16.5. The molecule has 28 heavy (non-hydrogen) atoms. The smallest absolute Gasteiger partial charge is 0.203 e. The number of benzene rings is 2. The Bertz CT molecular complexity index is 926. The fourth-order valence-corrected chi connectivity index (χ4v) is 3.95. The Morgan fingerprint density at radius 3 is 2.25 bits per heavy atom. The Morgan fingerprint density at radius 2 is 1.61 bits per heavy atom. The molecule has 146 valence electrons. The highest BCUT2D eigenvalue weighted by Gasteiger charge is 2.33. The average Bonchev–Trinajstić information content (AvgIpc) is 2.90. The van der Waals surface area contributed by atoms with Gasteiger partial charge in [0.05, 0.1) is 38.7 Å². The lowest BCUT2D eigenvalue weighted by Crippen LogP contribution is -2.23. The van der Waals surface area contributed by atoms with E-state index in [2.05, 4.69) is 10.6 Å². The molecule has 1 heterocycles. The molecular weight excluding hydrogens is 356 g/mol. The number of para-hydroxylation sites is 2. The number of allylic oxidation sites excluding steroid dienone is 1. The number of hydrogen-bond acceptors (Lipinski definition) is 6. The van der Waals surface area contributed by atoms with Gasteiger partial charge in [-0.2, -0.15) is 0 Å². The van der Waals surface area contributed by atoms with Crippen molar-refractivity contribution < 1.29 is 19.0 Å². The van der Waals surface area contributed by atoms with Gasteiger partial charge in [0.1, 0.15) is 0 Å². The molecule has 6 nitrogen and oxygen atoms in total. The van der Waals surface area contributed by atoms with Gasteiger partial charge in [0.25, 0.3) is 0 Å². The van der Waals surface area contributed by atoms with E-state index >= 15 is 0 Å². The molecule has 1 unspecified atom stereocenters. The van der Waals surface area contributed by atoms with Crippen LogP contribution in [0.5, 0.6) is 17.2 Å². The average molecular weight is 380 g/mol. The van der Waals surface area contributed by atoms with Crippen molar-refractivity contribution in [3.05, 3.63) is 53.2 Å². The van der Waals surface area contributed by atoms with Crippen LogP contribution in [0.1, 0.15) is 30.9 Å². The molecule has 0 fully saturated rings. The molecule has 2 aromatic carbocycles. The van der Waals surface area contributed by atoms with E-state index in [1.807, 2.05) is 36.4 Å². The Labute approximate surface area is 164 Å². The molecule has 0 saturated heterocycles. The van der Waals surface area contributed by atoms with E-state index in [1.165, 1.54) is 0 Å². The lowest BCUT2D eigenvalue weighted by molar-refractivity contribution is -0.116. The number of rotatable bonds is 4. The number of carbonyl (C=O) groups is 1. The van der Waals surface area contributed by atoms with Crippen LogP contribution in [0.3, 0.4) is 0 Å². The third kappa shape index (κ3) is 3.05. The first-order chi connectivity index (χ1) is 13.7. The summed E-state index contributed by atoms with van der Waals surface area (Å²) in [6.07, 6.45) is 2.26. The van der Waals surface area contributed by atoms with Crippen LogP contribution in [-0.2, 0) is 4.79 Å². The van der Waals surface area contributed by atoms with Crippen molar-refractivity contribution in [2.45, 2.75) is 25.3 Å². The number of ether oxygens (including phenoxy) is 3. The summed E-state index contributed by atoms with van der Waals surface area (Å²) in [6, 6.07) is 11.5. The van der Waals surface area contributed by atoms with Gasteiger partial charge in [-0.3, -0.25) is 4.79 Å². The van der Waals surface area contributed by atoms with Crippen LogP contribution in [0.25, 0.3) is 0 Å². The lowest BCUT2D eigenvalue weighted by Gasteiger charge is -2.26. The van der Waals surface area contributed by atoms with E-state index in [0.29, 0.717) is 23.7 Å². The molecule has 0 aromatic heterocycles. The lowest BCUT2D eigenvalue weighted by atomic mass is 9.86. The van der Waals surface area contributed by atoms with Crippen LogP contribution in [0.4, 0.5) is 11.4 Å². The zero-order chi connectivity index (χ0) is 19.7. The van der Waals surface area contributed by atoms with Crippen molar-refractivity contribution in [2.24, 2.45) is 0 Å². The Balaban J connectivity index is 1.90. The molecule has 2 N–H and O–H groups in total. The normalized spacial score (nSPS) is 18.2. The summed E-state index contributed by atoms with van der Waals surface area (Å²) in [5.41, 5.74) is 4.56. The highest BCUT2D eigenvalue weighted by molar-refractivity contribution is 6.00. The summed E-state index contributed by atoms with van der Waals surface area (Å²) in [5.74, 6) is 1.82. The molecule has 0 radical (unpaired) electrons. The summed E-state index contributed by atoms with van der Waals surface area (Å²) in [4.78, 5) is 12.9. The number of methoxy groups -OCH3 is 3. The standard InChI is InChI=1S/C22H24N2O4/c1-26-18-11-13(12-19(27-2)22(18)28-3)21-20-16(9-6-10-17(20)25)23-14-7-4-5-8-15(14)24-21/h4-5,7-8,11-12,21,23-24H,6,9-10H2,1-3H3. The molecule has 0 amide bonds. The second-order valence-corrected chi connectivity index (χ2v) is 6.88. The van der Waals surface area contributed by atoms with E-state index < -0.39 is 0 Å². The van der Waals surface area contributed by atoms with Crippen molar-refractivity contribution in [2.75, 3.05) is 32.0 Å². The molecule has 1 aliphatic carbocycles. The zero-order valence-electron chi connectivity index (χ0n) is 16.3. The summed E-state index contributed by atoms with van der Waals surface area (Å²) in [5, 5.41) is 7.03. The van der Waals surface area contributed by atoms with E-state index in [9.17, 15) is 4.79 Å². The van der Waals surface area contributed by atoms with Gasteiger partial charge in [0, 0.05) is 17.7 Å². The van der Waals surface area contributed by atoms with E-state index in [-0.39, 0.29) is 11.8 Å². The van der Waals surface area contributed by atoms with Crippen LogP contribution < -0.4 is 24.8 Å². The summed E-state index contributed by atoms with van der Waals surface area (Å²) >= 11 is 0. The molecule has 6 heteroatoms. The van der Waals surface area contributed by atoms with Gasteiger partial charge in [0.15, 0.2) is 17.3 Å². The van der Waals surface area contributed by atoms with Gasteiger partial charge in [-0.15, -0.1) is 0 Å². The van der Waals surface area contributed by atoms with Crippen LogP contribution in [0.15, 0.2) is 47.7 Å². The minimum absolute atomic E-state index is 0.160. The summed E-state index contributed by atoms with van der Waals surface area (Å²) in [7, 11) is 4.76. The topological polar surface area (TPSA) is 68.8 Å². The van der Waals surface area contributed by atoms with E-state index in [0.717, 1.165) is 41.1 Å². The SMILES string of the molecule is COc1cc(C2Nc3ccccc3NC3=C2C(=O)CCC3)cc(OC)c1OC. The highest BCUT2D eigenvalue weighted by atomic mass is 16.5. The fraction of sp³-hybridized carbons (Fsp3) is 0.318. The number of ketones is 1. The highest BCUT2D eigenvalue weighted by Crippen LogP contribution is 2.45. The predicted molar refractivity (Wildman–Crippen MR) is 108 cm³/mol. The molecule has 0 bridgehead atoms. The molecule has 4 rings (SSSR count). The van der Waals surface area contributed by atoms with Crippen molar-refractivity contribution in [3.8, 4) is 17.2 Å². The minimum Gasteiger partial charge on any atom is -0.493 e. The molecule has 2 aliphatic rings. The molecule has 1 aliphatic heterocycles. The third-order valence-electron chi connectivity index (χ3n) is 5.28. The number of hydrogen-bond donors (Lipinski definition) is 2. The second kappa shape index (κ2) is 7.46. The summed E-state index contributed by atoms with van der Waals surface area (Å²) in [6.45, 7) is 0. The van der Waals surface area contributed by atoms with Crippen molar-refractivity contribution in [1.82, 2.24) is 0 Å². The van der Waals surface area contributed by atoms with Crippen molar-refractivity contribution in [1.29, 1.82) is 0 Å². The van der Waals surface area contributed by atoms with Crippen LogP contribution in [0, 0.1) is 0 Å². The van der Waals surface area contributed by atoms with E-state index in [4.69, 9.17) is 14.2 Å². The molecule has 0 saturated carbocycles. The second-order valence-electron chi connectivity index (χ2n) is 6.88. The first kappa shape index (κ1) is 18.2. The minimum atomic E-state index is -0.312. The monoisotopic (exact) mass is 380 g/mol. The van der Waals surface area contributed by atoms with Crippen LogP contribution in [0.2, 0.25) is 0 Å². The number of anilines is 2. The number of nitrogens with one attached hydrogen (secondary N) is 2. The number of Topliss-reactive ketones (excluding diaryl/α,β-unsaturated/α-hetero) is 1. The fourth-order valence-electron chi connectivity index (χ4n) is 3.95. The largest absolute Gasteiger partial charge is 0.493 e. The van der Waals surface area contributed by atoms with Crippen LogP contribution in [-0.4, -0.2) is 27.1 Å². The first-order valence-electron chi connectivity index (χ1n) is 9.35. The Kier molecular flexibility index (Phi) is 4.86.